The molecule has 15 heteroatoms. The van der Waals surface area contributed by atoms with Crippen LogP contribution in [0.3, 0.4) is 0 Å². The number of amides is 3. The lowest BCUT2D eigenvalue weighted by Gasteiger charge is -2.25. The minimum absolute atomic E-state index is 0.0128. The van der Waals surface area contributed by atoms with Crippen molar-refractivity contribution in [1.82, 2.24) is 40.9 Å². The van der Waals surface area contributed by atoms with E-state index in [1.165, 1.54) is 25.0 Å². The number of fused-ring (bicyclic) bond motifs is 1. The van der Waals surface area contributed by atoms with Crippen molar-refractivity contribution >= 4 is 34.6 Å². The highest BCUT2D eigenvalue weighted by Gasteiger charge is 2.31. The lowest BCUT2D eigenvalue weighted by atomic mass is 10.0. The fraction of sp³-hybridized carbons (Fsp3) is 0.308. The van der Waals surface area contributed by atoms with E-state index in [1.54, 1.807) is 6.20 Å². The third-order valence-electron chi connectivity index (χ3n) is 6.47. The van der Waals surface area contributed by atoms with Crippen LogP contribution in [0.4, 0.5) is 0 Å². The number of carbonyl (C=O) groups is 4. The monoisotopic (exact) mass is 565 g/mol. The molecule has 0 spiro atoms. The van der Waals surface area contributed by atoms with Crippen molar-refractivity contribution < 1.29 is 29.4 Å². The highest BCUT2D eigenvalue weighted by Crippen LogP contribution is 2.19. The molecule has 3 heterocycles. The van der Waals surface area contributed by atoms with Gasteiger partial charge in [-0.25, -0.2) is 14.8 Å². The number of benzene rings is 1. The molecule has 41 heavy (non-hydrogen) atoms. The molecule has 3 aromatic heterocycles. The molecule has 0 saturated carbocycles. The van der Waals surface area contributed by atoms with E-state index in [4.69, 9.17) is 5.73 Å². The zero-order chi connectivity index (χ0) is 29.4. The lowest BCUT2D eigenvalue weighted by Crippen LogP contribution is -2.58. The number of carboxylic acid groups (broad SMARTS) is 1. The smallest absolute Gasteiger partial charge is 0.326 e. The number of nitrogens with zero attached hydrogens (tertiary/aromatic N) is 2. The lowest BCUT2D eigenvalue weighted by molar-refractivity contribution is -0.142. The van der Waals surface area contributed by atoms with Crippen molar-refractivity contribution in [2.75, 3.05) is 6.61 Å². The molecule has 1 aromatic carbocycles. The molecule has 4 aromatic rings. The van der Waals surface area contributed by atoms with Crippen LogP contribution in [-0.4, -0.2) is 89.6 Å². The van der Waals surface area contributed by atoms with E-state index in [9.17, 15) is 29.4 Å². The standard InChI is InChI=1S/C26H31N9O6/c27-18(11-36)23(37)33-21(6-15-9-28-12-31-15)25(39)34-20(5-14-8-30-19-4-2-1-3-17(14)19)24(38)35-22(26(40)41)7-16-10-29-13-32-16/h1-4,8-10,12-13,18,20-22,30,36H,5-7,11,27H2,(H,28,31)(H,29,32)(H,33,37)(H,34,39)(H,35,38)(H,40,41). The fourth-order valence-corrected chi connectivity index (χ4v) is 4.28. The van der Waals surface area contributed by atoms with Gasteiger partial charge in [-0.1, -0.05) is 18.2 Å². The molecule has 216 valence electrons. The quantitative estimate of drug-likeness (QED) is 0.0862. The summed E-state index contributed by atoms with van der Waals surface area (Å²) in [5.74, 6) is -3.50. The second-order valence-electron chi connectivity index (χ2n) is 9.44. The van der Waals surface area contributed by atoms with Gasteiger partial charge >= 0.3 is 5.97 Å². The molecule has 0 saturated heterocycles. The number of rotatable bonds is 14. The van der Waals surface area contributed by atoms with Gasteiger partial charge in [0, 0.05) is 60.1 Å². The van der Waals surface area contributed by atoms with E-state index >= 15 is 0 Å². The van der Waals surface area contributed by atoms with Gasteiger partial charge in [-0.15, -0.1) is 0 Å². The number of carboxylic acids is 1. The summed E-state index contributed by atoms with van der Waals surface area (Å²) < 4.78 is 0. The Morgan fingerprint density at radius 2 is 1.37 bits per heavy atom. The molecule has 0 fully saturated rings. The Morgan fingerprint density at radius 1 is 0.805 bits per heavy atom. The maximum atomic E-state index is 13.5. The number of carbonyl (C=O) groups excluding carboxylic acids is 3. The van der Waals surface area contributed by atoms with Gasteiger partial charge in [-0.2, -0.15) is 0 Å². The Bertz CT molecular complexity index is 1470. The number of aromatic nitrogens is 5. The first-order valence-electron chi connectivity index (χ1n) is 12.7. The topological polar surface area (TPSA) is 244 Å². The largest absolute Gasteiger partial charge is 0.480 e. The molecular formula is C26H31N9O6. The second kappa shape index (κ2) is 13.4. The molecular weight excluding hydrogens is 534 g/mol. The summed E-state index contributed by atoms with van der Waals surface area (Å²) in [7, 11) is 0. The van der Waals surface area contributed by atoms with Crippen LogP contribution in [0.25, 0.3) is 10.9 Å². The van der Waals surface area contributed by atoms with Crippen molar-refractivity contribution in [2.45, 2.75) is 43.4 Å². The number of aliphatic hydroxyl groups excluding tert-OH is 1. The van der Waals surface area contributed by atoms with E-state index < -0.39 is 54.5 Å². The molecule has 10 N–H and O–H groups in total. The van der Waals surface area contributed by atoms with Crippen LogP contribution in [0.5, 0.6) is 0 Å². The molecule has 0 aliphatic carbocycles. The number of hydrogen-bond donors (Lipinski definition) is 9. The predicted octanol–water partition coefficient (Wildman–Crippen LogP) is -1.50. The highest BCUT2D eigenvalue weighted by molar-refractivity contribution is 5.95. The summed E-state index contributed by atoms with van der Waals surface area (Å²) in [6.07, 6.45) is 7.37. The third-order valence-corrected chi connectivity index (χ3v) is 6.47. The normalized spacial score (nSPS) is 14.1. The molecule has 3 amide bonds. The fourth-order valence-electron chi connectivity index (χ4n) is 4.28. The first kappa shape index (κ1) is 29.0. The molecule has 4 atom stereocenters. The molecule has 15 nitrogen and oxygen atoms in total. The summed E-state index contributed by atoms with van der Waals surface area (Å²) in [5.41, 5.74) is 8.17. The average molecular weight is 566 g/mol. The summed E-state index contributed by atoms with van der Waals surface area (Å²) in [6, 6.07) is 2.40. The number of aromatic amines is 3. The van der Waals surface area contributed by atoms with Crippen molar-refractivity contribution in [3.8, 4) is 0 Å². The van der Waals surface area contributed by atoms with Crippen LogP contribution in [-0.2, 0) is 38.4 Å². The van der Waals surface area contributed by atoms with Crippen molar-refractivity contribution in [3.63, 3.8) is 0 Å². The predicted molar refractivity (Wildman–Crippen MR) is 145 cm³/mol. The van der Waals surface area contributed by atoms with Gasteiger partial charge in [0.15, 0.2) is 0 Å². The Kier molecular flexibility index (Phi) is 9.44. The maximum absolute atomic E-state index is 13.5. The Hall–Kier alpha value is -5.02. The minimum Gasteiger partial charge on any atom is -0.480 e. The highest BCUT2D eigenvalue weighted by atomic mass is 16.4. The zero-order valence-corrected chi connectivity index (χ0v) is 21.8. The first-order chi connectivity index (χ1) is 19.7. The summed E-state index contributed by atoms with van der Waals surface area (Å²) in [5, 5.41) is 27.5. The molecule has 0 radical (unpaired) electrons. The van der Waals surface area contributed by atoms with Crippen LogP contribution in [0.1, 0.15) is 17.0 Å². The third kappa shape index (κ3) is 7.55. The number of aliphatic carboxylic acids is 1. The second-order valence-corrected chi connectivity index (χ2v) is 9.44. The van der Waals surface area contributed by atoms with E-state index in [2.05, 4.69) is 40.9 Å². The van der Waals surface area contributed by atoms with Gasteiger partial charge in [0.25, 0.3) is 0 Å². The van der Waals surface area contributed by atoms with Crippen LogP contribution < -0.4 is 21.7 Å². The molecule has 4 rings (SSSR count). The zero-order valence-electron chi connectivity index (χ0n) is 21.8. The average Bonchev–Trinajstić information content (AvgIpc) is 3.74. The number of hydrogen-bond acceptors (Lipinski definition) is 8. The number of para-hydroxylation sites is 1. The number of nitrogens with one attached hydrogen (secondary N) is 6. The van der Waals surface area contributed by atoms with Crippen LogP contribution in [0.2, 0.25) is 0 Å². The number of aliphatic hydroxyl groups is 1. The van der Waals surface area contributed by atoms with Crippen molar-refractivity contribution in [2.24, 2.45) is 5.73 Å². The van der Waals surface area contributed by atoms with E-state index in [0.29, 0.717) is 17.0 Å². The van der Waals surface area contributed by atoms with Crippen LogP contribution in [0, 0.1) is 0 Å². The van der Waals surface area contributed by atoms with Crippen molar-refractivity contribution in [3.05, 3.63) is 72.5 Å². The Morgan fingerprint density at radius 3 is 1.95 bits per heavy atom. The van der Waals surface area contributed by atoms with Crippen molar-refractivity contribution in [1.29, 1.82) is 0 Å². The number of H-pyrrole nitrogens is 3. The van der Waals surface area contributed by atoms with Gasteiger partial charge in [0.1, 0.15) is 24.2 Å². The van der Waals surface area contributed by atoms with Gasteiger partial charge < -0.3 is 46.8 Å². The molecule has 0 aliphatic rings. The van der Waals surface area contributed by atoms with Gasteiger partial charge in [-0.3, -0.25) is 14.4 Å². The Balaban J connectivity index is 1.59. The van der Waals surface area contributed by atoms with Gasteiger partial charge in [0.2, 0.25) is 17.7 Å². The Labute approximate surface area is 233 Å². The first-order valence-corrected chi connectivity index (χ1v) is 12.7. The van der Waals surface area contributed by atoms with Crippen LogP contribution >= 0.6 is 0 Å². The van der Waals surface area contributed by atoms with Gasteiger partial charge in [0.05, 0.1) is 19.3 Å². The maximum Gasteiger partial charge on any atom is 0.326 e. The SMILES string of the molecule is NC(CO)C(=O)NC(Cc1cnc[nH]1)C(=O)NC(Cc1c[nH]c2ccccc12)C(=O)NC(Cc1cnc[nH]1)C(=O)O. The number of imidazole rings is 2. The molecule has 0 bridgehead atoms. The van der Waals surface area contributed by atoms with Gasteiger partial charge in [-0.05, 0) is 11.6 Å². The molecule has 0 aliphatic heterocycles. The van der Waals surface area contributed by atoms with E-state index in [-0.39, 0.29) is 19.3 Å². The summed E-state index contributed by atoms with van der Waals surface area (Å²) in [6.45, 7) is -0.636. The van der Waals surface area contributed by atoms with Crippen LogP contribution in [0.15, 0.2) is 55.5 Å². The van der Waals surface area contributed by atoms with E-state index in [1.807, 2.05) is 24.3 Å². The molecule has 4 unspecified atom stereocenters. The summed E-state index contributed by atoms with van der Waals surface area (Å²) in [4.78, 5) is 68.0. The number of nitrogens with two attached hydrogens (primary N) is 1. The van der Waals surface area contributed by atoms with E-state index in [0.717, 1.165) is 10.9 Å². The minimum atomic E-state index is -1.31. The summed E-state index contributed by atoms with van der Waals surface area (Å²) >= 11 is 0.